The van der Waals surface area contributed by atoms with Crippen LogP contribution in [0.5, 0.6) is 0 Å². The van der Waals surface area contributed by atoms with Gasteiger partial charge in [0.05, 0.1) is 5.69 Å². The Bertz CT molecular complexity index is 743. The number of hydrogen-bond acceptors (Lipinski definition) is 4. The van der Waals surface area contributed by atoms with Crippen LogP contribution in [0.15, 0.2) is 49.2 Å². The molecule has 3 rings (SSSR count). The summed E-state index contributed by atoms with van der Waals surface area (Å²) >= 11 is 0. The van der Waals surface area contributed by atoms with E-state index >= 15 is 0 Å². The van der Waals surface area contributed by atoms with Gasteiger partial charge in [-0.15, -0.1) is 0 Å². The highest BCUT2D eigenvalue weighted by Gasteiger charge is 2.07. The van der Waals surface area contributed by atoms with Gasteiger partial charge in [-0.25, -0.2) is 23.4 Å². The number of anilines is 1. The summed E-state index contributed by atoms with van der Waals surface area (Å²) < 4.78 is 27.6. The highest BCUT2D eigenvalue weighted by molar-refractivity contribution is 5.56. The molecule has 0 aliphatic heterocycles. The van der Waals surface area contributed by atoms with Crippen molar-refractivity contribution in [3.8, 4) is 5.82 Å². The smallest absolute Gasteiger partial charge is 0.178 e. The van der Waals surface area contributed by atoms with Crippen LogP contribution in [0.4, 0.5) is 14.5 Å². The van der Waals surface area contributed by atoms with Crippen LogP contribution < -0.4 is 5.32 Å². The first kappa shape index (κ1) is 13.2. The largest absolute Gasteiger partial charge is 0.378 e. The van der Waals surface area contributed by atoms with Gasteiger partial charge >= 0.3 is 0 Å². The molecule has 0 atom stereocenters. The zero-order valence-corrected chi connectivity index (χ0v) is 10.9. The van der Waals surface area contributed by atoms with Crippen molar-refractivity contribution in [1.29, 1.82) is 0 Å². The van der Waals surface area contributed by atoms with Crippen molar-refractivity contribution in [1.82, 2.24) is 19.7 Å². The Balaban J connectivity index is 1.81. The monoisotopic (exact) mass is 287 g/mol. The van der Waals surface area contributed by atoms with Gasteiger partial charge in [0.1, 0.15) is 12.7 Å². The normalized spacial score (nSPS) is 10.6. The number of halogens is 2. The summed E-state index contributed by atoms with van der Waals surface area (Å²) in [4.78, 5) is 8.10. The predicted octanol–water partition coefficient (Wildman–Crippen LogP) is 2.55. The number of rotatable bonds is 4. The lowest BCUT2D eigenvalue weighted by Gasteiger charge is -2.10. The van der Waals surface area contributed by atoms with Crippen molar-refractivity contribution in [2.24, 2.45) is 0 Å². The Morgan fingerprint density at radius 2 is 2.05 bits per heavy atom. The highest BCUT2D eigenvalue weighted by Crippen LogP contribution is 2.17. The summed E-state index contributed by atoms with van der Waals surface area (Å²) in [5, 5.41) is 7.15. The molecule has 0 bridgehead atoms. The van der Waals surface area contributed by atoms with Crippen LogP contribution in [0.25, 0.3) is 5.82 Å². The van der Waals surface area contributed by atoms with E-state index in [-0.39, 0.29) is 0 Å². The molecule has 0 amide bonds. The average molecular weight is 287 g/mol. The molecule has 7 heteroatoms. The van der Waals surface area contributed by atoms with E-state index in [1.54, 1.807) is 12.3 Å². The summed E-state index contributed by atoms with van der Waals surface area (Å²) in [6.07, 6.45) is 4.58. The second kappa shape index (κ2) is 5.66. The van der Waals surface area contributed by atoms with Crippen LogP contribution in [-0.2, 0) is 6.54 Å². The van der Waals surface area contributed by atoms with Crippen LogP contribution in [0.1, 0.15) is 5.56 Å². The third-order valence-corrected chi connectivity index (χ3v) is 2.89. The standard InChI is InChI=1S/C14H11F2N5/c15-11-4-3-10(6-12(11)16)7-19-13-2-1-5-18-14(13)21-9-17-8-20-21/h1-6,8-9,19H,7H2. The van der Waals surface area contributed by atoms with Crippen molar-refractivity contribution in [2.45, 2.75) is 6.54 Å². The number of nitrogens with one attached hydrogen (secondary N) is 1. The van der Waals surface area contributed by atoms with Gasteiger partial charge in [-0.2, -0.15) is 5.10 Å². The topological polar surface area (TPSA) is 55.6 Å². The second-order valence-corrected chi connectivity index (χ2v) is 4.32. The molecule has 5 nitrogen and oxygen atoms in total. The lowest BCUT2D eigenvalue weighted by molar-refractivity contribution is 0.507. The molecule has 1 aromatic carbocycles. The van der Waals surface area contributed by atoms with E-state index in [1.807, 2.05) is 6.07 Å². The molecule has 0 unspecified atom stereocenters. The lowest BCUT2D eigenvalue weighted by atomic mass is 10.2. The minimum Gasteiger partial charge on any atom is -0.378 e. The van der Waals surface area contributed by atoms with Crippen molar-refractivity contribution in [3.63, 3.8) is 0 Å². The van der Waals surface area contributed by atoms with E-state index in [0.29, 0.717) is 23.6 Å². The Kier molecular flexibility index (Phi) is 3.55. The van der Waals surface area contributed by atoms with Crippen molar-refractivity contribution in [2.75, 3.05) is 5.32 Å². The fourth-order valence-corrected chi connectivity index (χ4v) is 1.88. The fraction of sp³-hybridized carbons (Fsp3) is 0.0714. The number of nitrogens with zero attached hydrogens (tertiary/aromatic N) is 4. The zero-order chi connectivity index (χ0) is 14.7. The fourth-order valence-electron chi connectivity index (χ4n) is 1.88. The SMILES string of the molecule is Fc1ccc(CNc2cccnc2-n2cncn2)cc1F. The average Bonchev–Trinajstić information content (AvgIpc) is 3.03. The predicted molar refractivity (Wildman–Crippen MR) is 72.8 cm³/mol. The van der Waals surface area contributed by atoms with Gasteiger partial charge in [-0.1, -0.05) is 6.07 Å². The number of benzene rings is 1. The Morgan fingerprint density at radius 3 is 2.81 bits per heavy atom. The molecule has 0 spiro atoms. The van der Waals surface area contributed by atoms with Gasteiger partial charge in [0.2, 0.25) is 0 Å². The molecule has 2 heterocycles. The van der Waals surface area contributed by atoms with Crippen molar-refractivity contribution in [3.05, 3.63) is 66.4 Å². The van der Waals surface area contributed by atoms with E-state index in [4.69, 9.17) is 0 Å². The molecule has 0 fully saturated rings. The van der Waals surface area contributed by atoms with E-state index in [9.17, 15) is 8.78 Å². The van der Waals surface area contributed by atoms with Gasteiger partial charge in [0.25, 0.3) is 0 Å². The maximum absolute atomic E-state index is 13.2. The Labute approximate surface area is 119 Å². The van der Waals surface area contributed by atoms with Crippen LogP contribution in [0.2, 0.25) is 0 Å². The number of aromatic nitrogens is 4. The van der Waals surface area contributed by atoms with Crippen molar-refractivity contribution >= 4 is 5.69 Å². The highest BCUT2D eigenvalue weighted by atomic mass is 19.2. The molecule has 1 N–H and O–H groups in total. The molecule has 106 valence electrons. The van der Waals surface area contributed by atoms with E-state index in [1.165, 1.54) is 23.4 Å². The van der Waals surface area contributed by atoms with E-state index in [0.717, 1.165) is 12.1 Å². The first-order valence-electron chi connectivity index (χ1n) is 6.22. The first-order chi connectivity index (χ1) is 10.2. The van der Waals surface area contributed by atoms with Gasteiger partial charge in [-0.3, -0.25) is 0 Å². The summed E-state index contributed by atoms with van der Waals surface area (Å²) in [6.45, 7) is 0.338. The van der Waals surface area contributed by atoms with Crippen molar-refractivity contribution < 1.29 is 8.78 Å². The molecule has 0 saturated carbocycles. The lowest BCUT2D eigenvalue weighted by Crippen LogP contribution is -2.07. The molecule has 2 aromatic heterocycles. The minimum absolute atomic E-state index is 0.338. The van der Waals surface area contributed by atoms with E-state index < -0.39 is 11.6 Å². The van der Waals surface area contributed by atoms with Gasteiger partial charge in [0, 0.05) is 12.7 Å². The first-order valence-corrected chi connectivity index (χ1v) is 6.22. The molecular weight excluding hydrogens is 276 g/mol. The molecule has 0 aliphatic rings. The molecule has 0 aliphatic carbocycles. The summed E-state index contributed by atoms with van der Waals surface area (Å²) in [5.74, 6) is -1.14. The summed E-state index contributed by atoms with van der Waals surface area (Å²) in [7, 11) is 0. The van der Waals surface area contributed by atoms with Crippen LogP contribution in [0, 0.1) is 11.6 Å². The maximum atomic E-state index is 13.2. The van der Waals surface area contributed by atoms with Gasteiger partial charge in [0.15, 0.2) is 17.5 Å². The maximum Gasteiger partial charge on any atom is 0.178 e. The molecule has 21 heavy (non-hydrogen) atoms. The quantitative estimate of drug-likeness (QED) is 0.801. The number of hydrogen-bond donors (Lipinski definition) is 1. The summed E-state index contributed by atoms with van der Waals surface area (Å²) in [6, 6.07) is 7.39. The third kappa shape index (κ3) is 2.86. The van der Waals surface area contributed by atoms with Gasteiger partial charge < -0.3 is 5.32 Å². The van der Waals surface area contributed by atoms with Crippen LogP contribution >= 0.6 is 0 Å². The van der Waals surface area contributed by atoms with Gasteiger partial charge in [-0.05, 0) is 29.8 Å². The van der Waals surface area contributed by atoms with Crippen LogP contribution in [0.3, 0.4) is 0 Å². The zero-order valence-electron chi connectivity index (χ0n) is 10.9. The Morgan fingerprint density at radius 1 is 1.14 bits per heavy atom. The molecule has 0 radical (unpaired) electrons. The molecule has 3 aromatic rings. The summed E-state index contributed by atoms with van der Waals surface area (Å²) in [5.41, 5.74) is 1.34. The third-order valence-electron chi connectivity index (χ3n) is 2.89. The van der Waals surface area contributed by atoms with E-state index in [2.05, 4.69) is 20.4 Å². The Hall–Kier alpha value is -2.83. The van der Waals surface area contributed by atoms with Crippen LogP contribution in [-0.4, -0.2) is 19.7 Å². The number of pyridine rings is 1. The second-order valence-electron chi connectivity index (χ2n) is 4.32. The molecular formula is C14H11F2N5. The minimum atomic E-state index is -0.864. The molecule has 0 saturated heterocycles.